The van der Waals surface area contributed by atoms with Crippen LogP contribution in [0.25, 0.3) is 0 Å². The zero-order chi connectivity index (χ0) is 12.3. The summed E-state index contributed by atoms with van der Waals surface area (Å²) < 4.78 is 4.60. The Labute approximate surface area is 88.8 Å². The van der Waals surface area contributed by atoms with E-state index in [4.69, 9.17) is 5.26 Å². The van der Waals surface area contributed by atoms with Crippen LogP contribution in [0.4, 0.5) is 0 Å². The second-order valence-corrected chi connectivity index (χ2v) is 2.28. The average molecular weight is 210 g/mol. The number of carbonyl (C=O) groups excluding carboxylic acids is 2. The van der Waals surface area contributed by atoms with Gasteiger partial charge in [-0.25, -0.2) is 4.79 Å². The molecule has 82 valence electrons. The molecule has 0 unspecified atom stereocenters. The third-order valence-electron chi connectivity index (χ3n) is 1.08. The molecule has 0 aromatic heterocycles. The van der Waals surface area contributed by atoms with E-state index in [0.717, 1.165) is 12.2 Å². The zero-order valence-corrected chi connectivity index (χ0v) is 8.82. The standard InChI is InChI=1S/C7H9NO2.C3H5NO/c1-3-10-7(9)6(2)4-5-8;1-2-3(4)5/h4H,3H2,1-2H3;2H,1H2,(H2,4,5). The number of esters is 1. The highest BCUT2D eigenvalue weighted by Gasteiger charge is 2.01. The smallest absolute Gasteiger partial charge is 0.334 e. The number of ether oxygens (including phenoxy) is 1. The summed E-state index contributed by atoms with van der Waals surface area (Å²) in [6.07, 6.45) is 2.22. The first-order valence-electron chi connectivity index (χ1n) is 4.14. The second-order valence-electron chi connectivity index (χ2n) is 2.28. The molecular weight excluding hydrogens is 196 g/mol. The molecule has 0 aliphatic carbocycles. The Morgan fingerprint density at radius 1 is 1.60 bits per heavy atom. The highest BCUT2D eigenvalue weighted by Crippen LogP contribution is 1.94. The van der Waals surface area contributed by atoms with E-state index in [1.165, 1.54) is 0 Å². The number of primary amides is 1. The van der Waals surface area contributed by atoms with Crippen molar-refractivity contribution in [2.75, 3.05) is 6.61 Å². The number of hydrogen-bond donors (Lipinski definition) is 1. The van der Waals surface area contributed by atoms with E-state index >= 15 is 0 Å². The molecular formula is C10H14N2O3. The summed E-state index contributed by atoms with van der Waals surface area (Å²) >= 11 is 0. The number of rotatable bonds is 3. The summed E-state index contributed by atoms with van der Waals surface area (Å²) in [6.45, 7) is 6.69. The number of nitrogens with zero attached hydrogens (tertiary/aromatic N) is 1. The van der Waals surface area contributed by atoms with E-state index in [9.17, 15) is 9.59 Å². The van der Waals surface area contributed by atoms with Crippen LogP contribution in [0.15, 0.2) is 24.3 Å². The predicted molar refractivity (Wildman–Crippen MR) is 55.4 cm³/mol. The summed E-state index contributed by atoms with van der Waals surface area (Å²) in [7, 11) is 0. The van der Waals surface area contributed by atoms with Gasteiger partial charge in [0.1, 0.15) is 0 Å². The minimum Gasteiger partial charge on any atom is -0.463 e. The molecule has 0 atom stereocenters. The minimum absolute atomic E-state index is 0.337. The fraction of sp³-hybridized carbons (Fsp3) is 0.300. The molecule has 5 nitrogen and oxygen atoms in total. The second kappa shape index (κ2) is 9.99. The fourth-order valence-corrected chi connectivity index (χ4v) is 0.401. The number of carbonyl (C=O) groups is 2. The molecule has 2 N–H and O–H groups in total. The van der Waals surface area contributed by atoms with Crippen molar-refractivity contribution in [1.82, 2.24) is 0 Å². The van der Waals surface area contributed by atoms with E-state index in [1.54, 1.807) is 19.9 Å². The van der Waals surface area contributed by atoms with Gasteiger partial charge in [-0.2, -0.15) is 5.26 Å². The third-order valence-corrected chi connectivity index (χ3v) is 1.08. The van der Waals surface area contributed by atoms with Crippen molar-refractivity contribution >= 4 is 11.9 Å². The number of hydrogen-bond acceptors (Lipinski definition) is 4. The van der Waals surface area contributed by atoms with Gasteiger partial charge in [-0.3, -0.25) is 4.79 Å². The fourth-order valence-electron chi connectivity index (χ4n) is 0.401. The first-order valence-corrected chi connectivity index (χ1v) is 4.14. The number of nitriles is 1. The van der Waals surface area contributed by atoms with Crippen molar-refractivity contribution in [3.05, 3.63) is 24.3 Å². The molecule has 0 fully saturated rings. The van der Waals surface area contributed by atoms with Crippen LogP contribution in [0.5, 0.6) is 0 Å². The lowest BCUT2D eigenvalue weighted by atomic mass is 10.3. The number of amides is 1. The van der Waals surface area contributed by atoms with Gasteiger partial charge in [0.25, 0.3) is 0 Å². The summed E-state index contributed by atoms with van der Waals surface area (Å²) in [5.74, 6) is -0.908. The van der Waals surface area contributed by atoms with Crippen molar-refractivity contribution in [1.29, 1.82) is 5.26 Å². The molecule has 5 heteroatoms. The maximum Gasteiger partial charge on any atom is 0.334 e. The Kier molecular flexibility index (Phi) is 10.3. The molecule has 0 radical (unpaired) electrons. The summed E-state index contributed by atoms with van der Waals surface area (Å²) in [5.41, 5.74) is 4.87. The molecule has 0 aliphatic rings. The monoisotopic (exact) mass is 210 g/mol. The molecule has 0 aromatic carbocycles. The van der Waals surface area contributed by atoms with Gasteiger partial charge >= 0.3 is 5.97 Å². The molecule has 0 aromatic rings. The molecule has 0 rings (SSSR count). The van der Waals surface area contributed by atoms with Crippen LogP contribution in [0.3, 0.4) is 0 Å². The Balaban J connectivity index is 0. The van der Waals surface area contributed by atoms with Crippen LogP contribution in [-0.4, -0.2) is 18.5 Å². The normalized spacial score (nSPS) is 9.00. The lowest BCUT2D eigenvalue weighted by molar-refractivity contribution is -0.138. The van der Waals surface area contributed by atoms with Crippen molar-refractivity contribution in [2.45, 2.75) is 13.8 Å². The van der Waals surface area contributed by atoms with E-state index in [0.29, 0.717) is 12.2 Å². The van der Waals surface area contributed by atoms with Crippen molar-refractivity contribution in [3.63, 3.8) is 0 Å². The molecule has 0 heterocycles. The maximum absolute atomic E-state index is 10.7. The van der Waals surface area contributed by atoms with Gasteiger partial charge in [-0.05, 0) is 19.9 Å². The average Bonchev–Trinajstić information content (AvgIpc) is 2.19. The van der Waals surface area contributed by atoms with Crippen molar-refractivity contribution < 1.29 is 14.3 Å². The van der Waals surface area contributed by atoms with Crippen LogP contribution in [0, 0.1) is 11.3 Å². The van der Waals surface area contributed by atoms with Gasteiger partial charge in [0.15, 0.2) is 0 Å². The third kappa shape index (κ3) is 11.9. The number of allylic oxidation sites excluding steroid dienone is 1. The highest BCUT2D eigenvalue weighted by atomic mass is 16.5. The SMILES string of the molecule is C=CC(N)=O.CCOC(=O)C(C)=CC#N. The van der Waals surface area contributed by atoms with Gasteiger partial charge in [-0.1, -0.05) is 6.58 Å². The van der Waals surface area contributed by atoms with Crippen LogP contribution >= 0.6 is 0 Å². The lowest BCUT2D eigenvalue weighted by Gasteiger charge is -1.97. The van der Waals surface area contributed by atoms with E-state index in [2.05, 4.69) is 17.0 Å². The van der Waals surface area contributed by atoms with Crippen LogP contribution < -0.4 is 5.73 Å². The van der Waals surface area contributed by atoms with Gasteiger partial charge in [0, 0.05) is 11.6 Å². The molecule has 0 aliphatic heterocycles. The van der Waals surface area contributed by atoms with Crippen molar-refractivity contribution in [3.8, 4) is 6.07 Å². The summed E-state index contributed by atoms with van der Waals surface area (Å²) in [6, 6.07) is 1.74. The van der Waals surface area contributed by atoms with E-state index in [1.807, 2.05) is 0 Å². The minimum atomic E-state index is -0.481. The summed E-state index contributed by atoms with van der Waals surface area (Å²) in [4.78, 5) is 20.2. The largest absolute Gasteiger partial charge is 0.463 e. The number of nitrogens with two attached hydrogens (primary N) is 1. The Hall–Kier alpha value is -2.09. The topological polar surface area (TPSA) is 93.2 Å². The first-order chi connectivity index (χ1) is 6.99. The molecule has 0 spiro atoms. The Morgan fingerprint density at radius 3 is 2.33 bits per heavy atom. The summed E-state index contributed by atoms with van der Waals surface area (Å²) in [5, 5.41) is 8.12. The van der Waals surface area contributed by atoms with Gasteiger partial charge in [-0.15, -0.1) is 0 Å². The van der Waals surface area contributed by atoms with Gasteiger partial charge in [0.05, 0.1) is 12.7 Å². The van der Waals surface area contributed by atoms with Crippen molar-refractivity contribution in [2.24, 2.45) is 5.73 Å². The molecule has 0 saturated carbocycles. The van der Waals surface area contributed by atoms with E-state index < -0.39 is 11.9 Å². The predicted octanol–water partition coefficient (Wildman–Crippen LogP) is 0.677. The Morgan fingerprint density at radius 2 is 2.07 bits per heavy atom. The van der Waals surface area contributed by atoms with Crippen LogP contribution in [-0.2, 0) is 14.3 Å². The molecule has 0 saturated heterocycles. The van der Waals surface area contributed by atoms with Gasteiger partial charge in [0.2, 0.25) is 5.91 Å². The zero-order valence-electron chi connectivity index (χ0n) is 8.82. The van der Waals surface area contributed by atoms with Gasteiger partial charge < -0.3 is 10.5 Å². The highest BCUT2D eigenvalue weighted by molar-refractivity contribution is 5.88. The molecule has 15 heavy (non-hydrogen) atoms. The van der Waals surface area contributed by atoms with Crippen LogP contribution in [0.2, 0.25) is 0 Å². The Bertz CT molecular complexity index is 300. The lowest BCUT2D eigenvalue weighted by Crippen LogP contribution is -2.04. The van der Waals surface area contributed by atoms with E-state index in [-0.39, 0.29) is 0 Å². The van der Waals surface area contributed by atoms with Crippen LogP contribution in [0.1, 0.15) is 13.8 Å². The first kappa shape index (κ1) is 15.4. The maximum atomic E-state index is 10.7. The molecule has 1 amide bonds. The molecule has 0 bridgehead atoms. The quantitative estimate of drug-likeness (QED) is 0.421.